The number of ketones is 1. The van der Waals surface area contributed by atoms with E-state index in [1.807, 2.05) is 6.07 Å². The smallest absolute Gasteiger partial charge is 0.416 e. The Morgan fingerprint density at radius 1 is 0.841 bits per heavy atom. The number of carbonyl (C=O) groups is 1. The van der Waals surface area contributed by atoms with E-state index in [1.54, 1.807) is 60.7 Å². The first-order chi connectivity index (χ1) is 21.1. The van der Waals surface area contributed by atoms with Crippen molar-refractivity contribution in [1.82, 2.24) is 14.8 Å². The van der Waals surface area contributed by atoms with Gasteiger partial charge in [0.05, 0.1) is 32.6 Å². The van der Waals surface area contributed by atoms with Gasteiger partial charge in [0.15, 0.2) is 28.3 Å². The molecule has 1 atom stereocenters. The summed E-state index contributed by atoms with van der Waals surface area (Å²) >= 11 is 7.12. The lowest BCUT2D eigenvalue weighted by Gasteiger charge is -2.18. The summed E-state index contributed by atoms with van der Waals surface area (Å²) in [6.45, 7) is 0. The molecule has 5 aromatic rings. The van der Waals surface area contributed by atoms with Gasteiger partial charge in [-0.3, -0.25) is 9.36 Å². The highest BCUT2D eigenvalue weighted by Gasteiger charge is 2.32. The summed E-state index contributed by atoms with van der Waals surface area (Å²) < 4.78 is 59.4. The van der Waals surface area contributed by atoms with E-state index in [0.717, 1.165) is 23.9 Å². The molecular formula is C32H25ClF3N3O4S. The Morgan fingerprint density at radius 2 is 1.50 bits per heavy atom. The van der Waals surface area contributed by atoms with E-state index in [2.05, 4.69) is 10.2 Å². The highest BCUT2D eigenvalue weighted by atomic mass is 35.5. The Hall–Kier alpha value is -4.48. The topological polar surface area (TPSA) is 75.5 Å². The van der Waals surface area contributed by atoms with Gasteiger partial charge in [0.25, 0.3) is 0 Å². The predicted molar refractivity (Wildman–Crippen MR) is 162 cm³/mol. The van der Waals surface area contributed by atoms with Crippen molar-refractivity contribution in [1.29, 1.82) is 0 Å². The van der Waals surface area contributed by atoms with Gasteiger partial charge in [0.1, 0.15) is 5.25 Å². The van der Waals surface area contributed by atoms with Crippen LogP contribution in [0.2, 0.25) is 5.02 Å². The number of alkyl halides is 3. The molecule has 0 N–H and O–H groups in total. The number of nitrogens with zero attached hydrogens (tertiary/aromatic N) is 3. The van der Waals surface area contributed by atoms with E-state index in [0.29, 0.717) is 39.0 Å². The van der Waals surface area contributed by atoms with Crippen molar-refractivity contribution in [2.75, 3.05) is 21.3 Å². The van der Waals surface area contributed by atoms with Crippen LogP contribution >= 0.6 is 23.4 Å². The van der Waals surface area contributed by atoms with Crippen LogP contribution in [0.1, 0.15) is 26.7 Å². The Morgan fingerprint density at radius 3 is 2.09 bits per heavy atom. The maximum atomic E-state index is 13.9. The lowest BCUT2D eigenvalue weighted by Crippen LogP contribution is -2.12. The molecule has 0 spiro atoms. The van der Waals surface area contributed by atoms with Crippen LogP contribution in [0.25, 0.3) is 17.1 Å². The van der Waals surface area contributed by atoms with Crippen molar-refractivity contribution in [3.05, 3.63) is 113 Å². The van der Waals surface area contributed by atoms with Crippen molar-refractivity contribution in [2.45, 2.75) is 16.6 Å². The van der Waals surface area contributed by atoms with Gasteiger partial charge in [-0.05, 0) is 60.2 Å². The standard InChI is InChI=1S/C32H25ClF3N3O4S/c1-41-25-16-21(17-26(42-2)28(25)43-3)30-37-38-31(39(30)24-11-7-10-22(18-24)32(34,35)36)44-29(20-8-5-4-6-9-20)27(40)19-12-14-23(33)15-13-19/h4-18,29H,1-3H3. The number of methoxy groups -OCH3 is 3. The summed E-state index contributed by atoms with van der Waals surface area (Å²) in [5.74, 6) is 0.906. The lowest BCUT2D eigenvalue weighted by atomic mass is 10.0. The van der Waals surface area contributed by atoms with Gasteiger partial charge in [-0.25, -0.2) is 0 Å². The van der Waals surface area contributed by atoms with E-state index in [9.17, 15) is 18.0 Å². The SMILES string of the molecule is COc1cc(-c2nnc(SC(C(=O)c3ccc(Cl)cc3)c3ccccc3)n2-c2cccc(C(F)(F)F)c2)cc(OC)c1OC. The second kappa shape index (κ2) is 13.0. The van der Waals surface area contributed by atoms with Crippen molar-refractivity contribution < 1.29 is 32.2 Å². The Kier molecular flexibility index (Phi) is 9.17. The summed E-state index contributed by atoms with van der Waals surface area (Å²) in [7, 11) is 4.36. The normalized spacial score (nSPS) is 12.1. The first-order valence-electron chi connectivity index (χ1n) is 13.1. The zero-order valence-corrected chi connectivity index (χ0v) is 25.2. The maximum Gasteiger partial charge on any atom is 0.416 e. The molecular weight excluding hydrogens is 615 g/mol. The van der Waals surface area contributed by atoms with E-state index in [4.69, 9.17) is 25.8 Å². The van der Waals surface area contributed by atoms with Gasteiger partial charge >= 0.3 is 6.18 Å². The second-order valence-corrected chi connectivity index (χ2v) is 10.9. The third kappa shape index (κ3) is 6.39. The van der Waals surface area contributed by atoms with Crippen LogP contribution in [-0.4, -0.2) is 41.9 Å². The fourth-order valence-electron chi connectivity index (χ4n) is 4.57. The quantitative estimate of drug-likeness (QED) is 0.112. The van der Waals surface area contributed by atoms with Crippen molar-refractivity contribution >= 4 is 29.1 Å². The minimum Gasteiger partial charge on any atom is -0.493 e. The Bertz CT molecular complexity index is 1760. The number of benzene rings is 4. The summed E-state index contributed by atoms with van der Waals surface area (Å²) in [6.07, 6.45) is -4.60. The third-order valence-electron chi connectivity index (χ3n) is 6.68. The number of thioether (sulfide) groups is 1. The average Bonchev–Trinajstić information content (AvgIpc) is 3.46. The molecule has 7 nitrogen and oxygen atoms in total. The molecule has 0 amide bonds. The van der Waals surface area contributed by atoms with Gasteiger partial charge in [-0.1, -0.05) is 59.8 Å². The molecule has 12 heteroatoms. The lowest BCUT2D eigenvalue weighted by molar-refractivity contribution is -0.137. The number of hydrogen-bond acceptors (Lipinski definition) is 7. The highest BCUT2D eigenvalue weighted by molar-refractivity contribution is 8.00. The van der Waals surface area contributed by atoms with Crippen LogP contribution in [0.4, 0.5) is 13.2 Å². The number of carbonyl (C=O) groups excluding carboxylic acids is 1. The zero-order valence-electron chi connectivity index (χ0n) is 23.6. The largest absolute Gasteiger partial charge is 0.493 e. The zero-order chi connectivity index (χ0) is 31.4. The molecule has 0 aliphatic carbocycles. The molecule has 4 aromatic carbocycles. The third-order valence-corrected chi connectivity index (χ3v) is 8.13. The van der Waals surface area contributed by atoms with Crippen LogP contribution < -0.4 is 14.2 Å². The molecule has 0 aliphatic rings. The molecule has 1 unspecified atom stereocenters. The minimum absolute atomic E-state index is 0.141. The fourth-order valence-corrected chi connectivity index (χ4v) is 5.83. The molecule has 0 bridgehead atoms. The van der Waals surface area contributed by atoms with Crippen LogP contribution in [-0.2, 0) is 6.18 Å². The summed E-state index contributed by atoms with van der Waals surface area (Å²) in [5.41, 5.74) is 0.793. The summed E-state index contributed by atoms with van der Waals surface area (Å²) in [6, 6.07) is 23.6. The summed E-state index contributed by atoms with van der Waals surface area (Å²) in [5, 5.41) is 8.60. The highest BCUT2D eigenvalue weighted by Crippen LogP contribution is 2.44. The Labute approximate surface area is 260 Å². The average molecular weight is 640 g/mol. The van der Waals surface area contributed by atoms with E-state index in [1.165, 1.54) is 38.0 Å². The van der Waals surface area contributed by atoms with Crippen LogP contribution in [0.3, 0.4) is 0 Å². The molecule has 1 heterocycles. The number of ether oxygens (including phenoxy) is 3. The van der Waals surface area contributed by atoms with Crippen LogP contribution in [0.15, 0.2) is 96.2 Å². The molecule has 0 aliphatic heterocycles. The first kappa shape index (κ1) is 31.0. The van der Waals surface area contributed by atoms with Crippen molar-refractivity contribution in [3.8, 4) is 34.3 Å². The number of hydrogen-bond donors (Lipinski definition) is 0. The van der Waals surface area contributed by atoms with Crippen LogP contribution in [0.5, 0.6) is 17.2 Å². The van der Waals surface area contributed by atoms with Gasteiger partial charge in [-0.2, -0.15) is 13.2 Å². The minimum atomic E-state index is -4.60. The monoisotopic (exact) mass is 639 g/mol. The number of aromatic nitrogens is 3. The van der Waals surface area contributed by atoms with Gasteiger partial charge < -0.3 is 14.2 Å². The molecule has 5 rings (SSSR count). The molecule has 44 heavy (non-hydrogen) atoms. The maximum absolute atomic E-state index is 13.9. The van der Waals surface area contributed by atoms with Gasteiger partial charge in [0, 0.05) is 16.1 Å². The van der Waals surface area contributed by atoms with Gasteiger partial charge in [0.2, 0.25) is 5.75 Å². The van der Waals surface area contributed by atoms with Crippen molar-refractivity contribution in [3.63, 3.8) is 0 Å². The molecule has 0 radical (unpaired) electrons. The Balaban J connectivity index is 1.71. The second-order valence-electron chi connectivity index (χ2n) is 9.38. The van der Waals surface area contributed by atoms with Gasteiger partial charge in [-0.15, -0.1) is 10.2 Å². The number of rotatable bonds is 10. The number of Topliss-reactive ketones (excluding diaryl/α,β-unsaturated/α-hetero) is 1. The van der Waals surface area contributed by atoms with E-state index < -0.39 is 17.0 Å². The van der Waals surface area contributed by atoms with E-state index in [-0.39, 0.29) is 22.5 Å². The summed E-state index contributed by atoms with van der Waals surface area (Å²) in [4.78, 5) is 13.9. The predicted octanol–water partition coefficient (Wildman–Crippen LogP) is 8.35. The van der Waals surface area contributed by atoms with Crippen molar-refractivity contribution in [2.24, 2.45) is 0 Å². The van der Waals surface area contributed by atoms with E-state index >= 15 is 0 Å². The fraction of sp³-hybridized carbons (Fsp3) is 0.156. The van der Waals surface area contributed by atoms with Crippen LogP contribution in [0, 0.1) is 0 Å². The molecule has 0 saturated carbocycles. The molecule has 226 valence electrons. The number of halogens is 4. The molecule has 0 fully saturated rings. The molecule has 0 saturated heterocycles. The molecule has 1 aromatic heterocycles. The first-order valence-corrected chi connectivity index (χ1v) is 14.3.